The van der Waals surface area contributed by atoms with Crippen molar-refractivity contribution in [2.45, 2.75) is 65.3 Å². The first-order chi connectivity index (χ1) is 6.94. The van der Waals surface area contributed by atoms with Crippen LogP contribution >= 0.6 is 0 Å². The van der Waals surface area contributed by atoms with Crippen molar-refractivity contribution >= 4 is 0 Å². The SMILES string of the molecule is C[C@@H]1CCCC12CCN(C(C)(C)C)CC2. The maximum absolute atomic E-state index is 2.67. The molecule has 0 aromatic rings. The van der Waals surface area contributed by atoms with Crippen molar-refractivity contribution in [3.63, 3.8) is 0 Å². The van der Waals surface area contributed by atoms with Gasteiger partial charge in [0.1, 0.15) is 0 Å². The van der Waals surface area contributed by atoms with Gasteiger partial charge in [-0.15, -0.1) is 0 Å². The van der Waals surface area contributed by atoms with E-state index in [1.165, 1.54) is 45.2 Å². The number of likely N-dealkylation sites (tertiary alicyclic amines) is 1. The normalized spacial score (nSPS) is 32.4. The van der Waals surface area contributed by atoms with Gasteiger partial charge in [0.2, 0.25) is 0 Å². The van der Waals surface area contributed by atoms with Crippen LogP contribution in [-0.4, -0.2) is 23.5 Å². The molecule has 1 atom stereocenters. The fourth-order valence-corrected chi connectivity index (χ4v) is 3.68. The van der Waals surface area contributed by atoms with Gasteiger partial charge in [-0.1, -0.05) is 19.8 Å². The fraction of sp³-hybridized carbons (Fsp3) is 1.00. The second kappa shape index (κ2) is 3.76. The Bertz CT molecular complexity index is 218. The van der Waals surface area contributed by atoms with Crippen LogP contribution in [0.15, 0.2) is 0 Å². The molecule has 0 aromatic heterocycles. The molecule has 88 valence electrons. The quantitative estimate of drug-likeness (QED) is 0.588. The molecule has 0 radical (unpaired) electrons. The average molecular weight is 209 g/mol. The second-order valence-electron chi connectivity index (χ2n) is 6.81. The Hall–Kier alpha value is -0.0400. The van der Waals surface area contributed by atoms with E-state index in [0.29, 0.717) is 5.54 Å². The van der Waals surface area contributed by atoms with Crippen LogP contribution in [0.2, 0.25) is 0 Å². The molecule has 1 aliphatic carbocycles. The van der Waals surface area contributed by atoms with Crippen molar-refractivity contribution in [3.05, 3.63) is 0 Å². The molecule has 0 bridgehead atoms. The molecule has 1 nitrogen and oxygen atoms in total. The van der Waals surface area contributed by atoms with E-state index in [9.17, 15) is 0 Å². The Kier molecular flexibility index (Phi) is 2.87. The van der Waals surface area contributed by atoms with E-state index < -0.39 is 0 Å². The molecule has 1 saturated heterocycles. The summed E-state index contributed by atoms with van der Waals surface area (Å²) < 4.78 is 0. The van der Waals surface area contributed by atoms with Crippen molar-refractivity contribution in [3.8, 4) is 0 Å². The summed E-state index contributed by atoms with van der Waals surface area (Å²) in [6, 6.07) is 0. The van der Waals surface area contributed by atoms with E-state index >= 15 is 0 Å². The van der Waals surface area contributed by atoms with Crippen molar-refractivity contribution in [1.82, 2.24) is 4.90 Å². The molecule has 1 saturated carbocycles. The molecule has 15 heavy (non-hydrogen) atoms. The van der Waals surface area contributed by atoms with Crippen LogP contribution in [-0.2, 0) is 0 Å². The van der Waals surface area contributed by atoms with E-state index in [2.05, 4.69) is 32.6 Å². The van der Waals surface area contributed by atoms with Gasteiger partial charge in [0, 0.05) is 5.54 Å². The molecule has 2 fully saturated rings. The zero-order valence-corrected chi connectivity index (χ0v) is 11.0. The van der Waals surface area contributed by atoms with Gasteiger partial charge in [-0.05, 0) is 64.5 Å². The number of nitrogens with zero attached hydrogens (tertiary/aromatic N) is 1. The lowest BCUT2D eigenvalue weighted by molar-refractivity contribution is 0.0256. The largest absolute Gasteiger partial charge is 0.298 e. The van der Waals surface area contributed by atoms with Crippen LogP contribution in [0, 0.1) is 11.3 Å². The summed E-state index contributed by atoms with van der Waals surface area (Å²) in [7, 11) is 0. The molecule has 2 aliphatic rings. The maximum atomic E-state index is 2.67. The average Bonchev–Trinajstić information content (AvgIpc) is 2.48. The molecule has 1 aliphatic heterocycles. The molecule has 1 spiro atoms. The van der Waals surface area contributed by atoms with Crippen molar-refractivity contribution in [2.75, 3.05) is 13.1 Å². The van der Waals surface area contributed by atoms with Crippen LogP contribution in [0.5, 0.6) is 0 Å². The molecule has 0 unspecified atom stereocenters. The lowest BCUT2D eigenvalue weighted by atomic mass is 9.71. The van der Waals surface area contributed by atoms with E-state index in [1.54, 1.807) is 0 Å². The van der Waals surface area contributed by atoms with E-state index in [-0.39, 0.29) is 0 Å². The highest BCUT2D eigenvalue weighted by Crippen LogP contribution is 2.50. The Balaban J connectivity index is 1.97. The van der Waals surface area contributed by atoms with E-state index in [4.69, 9.17) is 0 Å². The predicted octanol–water partition coefficient (Wildman–Crippen LogP) is 3.69. The molecular formula is C14H27N. The third kappa shape index (κ3) is 2.08. The van der Waals surface area contributed by atoms with Gasteiger partial charge in [-0.25, -0.2) is 0 Å². The molecule has 0 aromatic carbocycles. The summed E-state index contributed by atoms with van der Waals surface area (Å²) in [6.45, 7) is 12.2. The van der Waals surface area contributed by atoms with Gasteiger partial charge in [-0.2, -0.15) is 0 Å². The zero-order chi connectivity index (χ0) is 11.1. The molecule has 0 amide bonds. The lowest BCUT2D eigenvalue weighted by Crippen LogP contribution is -2.49. The third-order valence-corrected chi connectivity index (χ3v) is 5.07. The number of rotatable bonds is 0. The number of hydrogen-bond donors (Lipinski definition) is 0. The number of hydrogen-bond acceptors (Lipinski definition) is 1. The standard InChI is InChI=1S/C14H27N/c1-12-6-5-7-14(12)8-10-15(11-9-14)13(2,3)4/h12H,5-11H2,1-4H3/t12-/m1/s1. The molecule has 2 rings (SSSR count). The zero-order valence-electron chi connectivity index (χ0n) is 11.0. The van der Waals surface area contributed by atoms with Crippen LogP contribution in [0.4, 0.5) is 0 Å². The summed E-state index contributed by atoms with van der Waals surface area (Å²) in [4.78, 5) is 2.67. The predicted molar refractivity (Wildman–Crippen MR) is 66.0 cm³/mol. The Morgan fingerprint density at radius 2 is 1.67 bits per heavy atom. The van der Waals surface area contributed by atoms with Crippen molar-refractivity contribution in [2.24, 2.45) is 11.3 Å². The van der Waals surface area contributed by atoms with Crippen molar-refractivity contribution < 1.29 is 0 Å². The Morgan fingerprint density at radius 1 is 1.07 bits per heavy atom. The molecular weight excluding hydrogens is 182 g/mol. The van der Waals surface area contributed by atoms with Gasteiger partial charge in [0.15, 0.2) is 0 Å². The lowest BCUT2D eigenvalue weighted by Gasteiger charge is -2.47. The highest BCUT2D eigenvalue weighted by Gasteiger charge is 2.43. The van der Waals surface area contributed by atoms with Gasteiger partial charge >= 0.3 is 0 Å². The van der Waals surface area contributed by atoms with Gasteiger partial charge in [0.25, 0.3) is 0 Å². The minimum atomic E-state index is 0.378. The first-order valence-electron chi connectivity index (χ1n) is 6.69. The van der Waals surface area contributed by atoms with Gasteiger partial charge in [0.05, 0.1) is 0 Å². The Morgan fingerprint density at radius 3 is 2.07 bits per heavy atom. The third-order valence-electron chi connectivity index (χ3n) is 5.07. The van der Waals surface area contributed by atoms with Crippen LogP contribution in [0.1, 0.15) is 59.8 Å². The molecule has 0 N–H and O–H groups in total. The van der Waals surface area contributed by atoms with Crippen molar-refractivity contribution in [1.29, 1.82) is 0 Å². The van der Waals surface area contributed by atoms with Crippen LogP contribution < -0.4 is 0 Å². The fourth-order valence-electron chi connectivity index (χ4n) is 3.68. The summed E-state index contributed by atoms with van der Waals surface area (Å²) in [5, 5.41) is 0. The minimum Gasteiger partial charge on any atom is -0.298 e. The monoisotopic (exact) mass is 209 g/mol. The molecule has 1 heteroatoms. The maximum Gasteiger partial charge on any atom is 0.0125 e. The van der Waals surface area contributed by atoms with E-state index in [0.717, 1.165) is 11.3 Å². The smallest absolute Gasteiger partial charge is 0.0125 e. The summed E-state index contributed by atoms with van der Waals surface area (Å²) in [5.74, 6) is 0.986. The highest BCUT2D eigenvalue weighted by molar-refractivity contribution is 4.95. The van der Waals surface area contributed by atoms with Gasteiger partial charge < -0.3 is 0 Å². The second-order valence-corrected chi connectivity index (χ2v) is 6.81. The topological polar surface area (TPSA) is 3.24 Å². The summed E-state index contributed by atoms with van der Waals surface area (Å²) in [6.07, 6.45) is 7.37. The van der Waals surface area contributed by atoms with Crippen LogP contribution in [0.3, 0.4) is 0 Å². The number of piperidine rings is 1. The first kappa shape index (κ1) is 11.4. The highest BCUT2D eigenvalue weighted by atomic mass is 15.2. The van der Waals surface area contributed by atoms with E-state index in [1.807, 2.05) is 0 Å². The van der Waals surface area contributed by atoms with Crippen LogP contribution in [0.25, 0.3) is 0 Å². The Labute approximate surface area is 95.2 Å². The molecule has 1 heterocycles. The summed E-state index contributed by atoms with van der Waals surface area (Å²) in [5.41, 5.74) is 1.12. The summed E-state index contributed by atoms with van der Waals surface area (Å²) >= 11 is 0. The first-order valence-corrected chi connectivity index (χ1v) is 6.69. The minimum absolute atomic E-state index is 0.378. The van der Waals surface area contributed by atoms with Gasteiger partial charge in [-0.3, -0.25) is 4.90 Å².